The van der Waals surface area contributed by atoms with E-state index in [0.29, 0.717) is 17.5 Å². The molecule has 1 N–H and O–H groups in total. The van der Waals surface area contributed by atoms with Gasteiger partial charge in [-0.1, -0.05) is 0 Å². The minimum Gasteiger partial charge on any atom is -0.357 e. The average molecular weight is 211 g/mol. The molecule has 15 heavy (non-hydrogen) atoms. The van der Waals surface area contributed by atoms with E-state index in [4.69, 9.17) is 0 Å². The van der Waals surface area contributed by atoms with Gasteiger partial charge < -0.3 is 10.2 Å². The summed E-state index contributed by atoms with van der Waals surface area (Å²) in [6.45, 7) is 1.59. The Morgan fingerprint density at radius 2 is 2.00 bits per heavy atom. The topological polar surface area (TPSA) is 84.2 Å². The van der Waals surface area contributed by atoms with Crippen molar-refractivity contribution in [3.8, 4) is 0 Å². The largest absolute Gasteiger partial charge is 0.357 e. The van der Waals surface area contributed by atoms with Gasteiger partial charge in [-0.3, -0.25) is 10.1 Å². The number of hydrogen-bond acceptors (Lipinski definition) is 6. The van der Waals surface area contributed by atoms with Crippen LogP contribution in [0.4, 0.5) is 17.5 Å². The van der Waals surface area contributed by atoms with Crippen LogP contribution in [0.25, 0.3) is 0 Å². The highest BCUT2D eigenvalue weighted by atomic mass is 16.6. The molecule has 1 aromatic rings. The molecule has 0 spiro atoms. The lowest BCUT2D eigenvalue weighted by Crippen LogP contribution is -2.15. The Hall–Kier alpha value is -1.92. The molecule has 7 nitrogen and oxygen atoms in total. The van der Waals surface area contributed by atoms with E-state index in [2.05, 4.69) is 15.3 Å². The number of nitrogens with one attached hydrogen (secondary N) is 1. The molecule has 0 aromatic carbocycles. The summed E-state index contributed by atoms with van der Waals surface area (Å²) in [5.74, 6) is 0.679. The smallest absolute Gasteiger partial charge is 0.332 e. The molecular weight excluding hydrogens is 198 g/mol. The first-order chi connectivity index (χ1) is 6.97. The molecule has 1 heterocycles. The van der Waals surface area contributed by atoms with Crippen LogP contribution in [0.3, 0.4) is 0 Å². The summed E-state index contributed by atoms with van der Waals surface area (Å²) in [7, 11) is 5.07. The van der Waals surface area contributed by atoms with Gasteiger partial charge in [0.2, 0.25) is 11.8 Å². The maximum atomic E-state index is 10.8. The van der Waals surface area contributed by atoms with Gasteiger partial charge >= 0.3 is 5.69 Å². The molecule has 0 saturated carbocycles. The summed E-state index contributed by atoms with van der Waals surface area (Å²) in [4.78, 5) is 19.9. The SMILES string of the molecule is CNc1nc(C)c([N+](=O)[O-])c(N(C)C)n1. The second-order valence-corrected chi connectivity index (χ2v) is 3.21. The fraction of sp³-hybridized carbons (Fsp3) is 0.500. The van der Waals surface area contributed by atoms with Gasteiger partial charge in [0.1, 0.15) is 5.69 Å². The molecule has 82 valence electrons. The third kappa shape index (κ3) is 2.12. The van der Waals surface area contributed by atoms with Crippen LogP contribution in [-0.4, -0.2) is 36.0 Å². The maximum Gasteiger partial charge on any atom is 0.332 e. The van der Waals surface area contributed by atoms with Crippen molar-refractivity contribution in [1.82, 2.24) is 9.97 Å². The predicted octanol–water partition coefficient (Wildman–Crippen LogP) is 0.801. The van der Waals surface area contributed by atoms with Crippen LogP contribution in [-0.2, 0) is 0 Å². The molecule has 1 rings (SSSR count). The van der Waals surface area contributed by atoms with Crippen LogP contribution in [0, 0.1) is 17.0 Å². The van der Waals surface area contributed by atoms with Crippen molar-refractivity contribution in [3.63, 3.8) is 0 Å². The Balaban J connectivity index is 3.42. The third-order valence-electron chi connectivity index (χ3n) is 1.87. The first-order valence-corrected chi connectivity index (χ1v) is 4.35. The van der Waals surface area contributed by atoms with Gasteiger partial charge in [0.15, 0.2) is 0 Å². The summed E-state index contributed by atoms with van der Waals surface area (Å²) in [5.41, 5.74) is 0.294. The number of aryl methyl sites for hydroxylation is 1. The van der Waals surface area contributed by atoms with E-state index < -0.39 is 4.92 Å². The minimum atomic E-state index is -0.468. The van der Waals surface area contributed by atoms with Crippen LogP contribution < -0.4 is 10.2 Å². The van der Waals surface area contributed by atoms with Crippen molar-refractivity contribution < 1.29 is 4.92 Å². The number of aromatic nitrogens is 2. The van der Waals surface area contributed by atoms with Crippen molar-refractivity contribution in [2.45, 2.75) is 6.92 Å². The number of hydrogen-bond donors (Lipinski definition) is 1. The highest BCUT2D eigenvalue weighted by Crippen LogP contribution is 2.27. The molecule has 0 aliphatic heterocycles. The Kier molecular flexibility index (Phi) is 3.03. The van der Waals surface area contributed by atoms with E-state index >= 15 is 0 Å². The normalized spacial score (nSPS) is 9.87. The van der Waals surface area contributed by atoms with Crippen LogP contribution in [0.1, 0.15) is 5.69 Å². The number of rotatable bonds is 3. The Morgan fingerprint density at radius 1 is 1.40 bits per heavy atom. The van der Waals surface area contributed by atoms with Gasteiger partial charge in [-0.15, -0.1) is 0 Å². The molecule has 0 amide bonds. The summed E-state index contributed by atoms with van der Waals surface area (Å²) >= 11 is 0. The quantitative estimate of drug-likeness (QED) is 0.588. The van der Waals surface area contributed by atoms with Crippen LogP contribution in [0.5, 0.6) is 0 Å². The second kappa shape index (κ2) is 4.07. The highest BCUT2D eigenvalue weighted by molar-refractivity contribution is 5.61. The molecule has 1 aromatic heterocycles. The molecule has 0 radical (unpaired) electrons. The molecule has 7 heteroatoms. The van der Waals surface area contributed by atoms with Gasteiger partial charge in [0.05, 0.1) is 4.92 Å². The Bertz CT molecular complexity index is 391. The summed E-state index contributed by atoms with van der Waals surface area (Å²) < 4.78 is 0. The fourth-order valence-electron chi connectivity index (χ4n) is 1.19. The summed E-state index contributed by atoms with van der Waals surface area (Å²) in [6.07, 6.45) is 0. The number of anilines is 2. The van der Waals surface area contributed by atoms with Gasteiger partial charge in [0, 0.05) is 21.1 Å². The van der Waals surface area contributed by atoms with E-state index in [1.165, 1.54) is 0 Å². The van der Waals surface area contributed by atoms with Gasteiger partial charge in [-0.2, -0.15) is 4.98 Å². The zero-order valence-corrected chi connectivity index (χ0v) is 9.11. The second-order valence-electron chi connectivity index (χ2n) is 3.21. The molecule has 0 saturated heterocycles. The molecule has 0 unspecified atom stereocenters. The fourth-order valence-corrected chi connectivity index (χ4v) is 1.19. The molecule has 0 fully saturated rings. The van der Waals surface area contributed by atoms with E-state index in [-0.39, 0.29) is 5.69 Å². The molecule has 0 bridgehead atoms. The lowest BCUT2D eigenvalue weighted by atomic mass is 10.3. The maximum absolute atomic E-state index is 10.8. The van der Waals surface area contributed by atoms with Crippen LogP contribution >= 0.6 is 0 Å². The minimum absolute atomic E-state index is 0.0565. The van der Waals surface area contributed by atoms with E-state index in [1.54, 1.807) is 33.0 Å². The first kappa shape index (κ1) is 11.2. The molecule has 0 atom stereocenters. The first-order valence-electron chi connectivity index (χ1n) is 4.35. The van der Waals surface area contributed by atoms with Crippen molar-refractivity contribution in [3.05, 3.63) is 15.8 Å². The average Bonchev–Trinajstić information content (AvgIpc) is 2.15. The molecule has 0 aliphatic carbocycles. The third-order valence-corrected chi connectivity index (χ3v) is 1.87. The van der Waals surface area contributed by atoms with Crippen molar-refractivity contribution in [2.75, 3.05) is 31.4 Å². The summed E-state index contributed by atoms with van der Waals surface area (Å²) in [6, 6.07) is 0. The van der Waals surface area contributed by atoms with Gasteiger partial charge in [-0.25, -0.2) is 4.98 Å². The van der Waals surface area contributed by atoms with E-state index in [9.17, 15) is 10.1 Å². The van der Waals surface area contributed by atoms with Gasteiger partial charge in [-0.05, 0) is 6.92 Å². The monoisotopic (exact) mass is 211 g/mol. The van der Waals surface area contributed by atoms with Crippen molar-refractivity contribution in [2.24, 2.45) is 0 Å². The Morgan fingerprint density at radius 3 is 2.40 bits per heavy atom. The van der Waals surface area contributed by atoms with Crippen LogP contribution in [0.15, 0.2) is 0 Å². The summed E-state index contributed by atoms with van der Waals surface area (Å²) in [5, 5.41) is 13.6. The van der Waals surface area contributed by atoms with E-state index in [0.717, 1.165) is 0 Å². The van der Waals surface area contributed by atoms with E-state index in [1.807, 2.05) is 0 Å². The zero-order valence-electron chi connectivity index (χ0n) is 9.11. The van der Waals surface area contributed by atoms with Crippen LogP contribution in [0.2, 0.25) is 0 Å². The lowest BCUT2D eigenvalue weighted by molar-refractivity contribution is -0.385. The standard InChI is InChI=1S/C8H13N5O2/c1-5-6(13(14)15)7(12(3)4)11-8(9-2)10-5/h1-4H3,(H,9,10,11). The van der Waals surface area contributed by atoms with Crippen molar-refractivity contribution >= 4 is 17.5 Å². The Labute approximate surface area is 87.3 Å². The highest BCUT2D eigenvalue weighted by Gasteiger charge is 2.22. The predicted molar refractivity (Wildman–Crippen MR) is 57.3 cm³/mol. The lowest BCUT2D eigenvalue weighted by Gasteiger charge is -2.13. The zero-order chi connectivity index (χ0) is 11.6. The van der Waals surface area contributed by atoms with Gasteiger partial charge in [0.25, 0.3) is 0 Å². The van der Waals surface area contributed by atoms with Crippen molar-refractivity contribution in [1.29, 1.82) is 0 Å². The molecular formula is C8H13N5O2. The molecule has 0 aliphatic rings. The number of nitro groups is 1. The number of nitrogens with zero attached hydrogens (tertiary/aromatic N) is 4.